The maximum Gasteiger partial charge on any atom is 0.194 e. The maximum atomic E-state index is 12.5. The Kier molecular flexibility index (Phi) is 4.43. The van der Waals surface area contributed by atoms with Gasteiger partial charge < -0.3 is 4.79 Å². The standard InChI is InChI=1S/C18H17BrO2/c1-12-4-6-13(7-5-12)17(21)15-9-8-14(10-16(15)19)18(2,3)11-20/h4-11H,1-3H3. The fourth-order valence-electron chi connectivity index (χ4n) is 2.03. The highest BCUT2D eigenvalue weighted by atomic mass is 79.9. The van der Waals surface area contributed by atoms with Gasteiger partial charge in [-0.3, -0.25) is 4.79 Å². The van der Waals surface area contributed by atoms with Gasteiger partial charge in [0.2, 0.25) is 0 Å². The van der Waals surface area contributed by atoms with Crippen molar-refractivity contribution < 1.29 is 9.59 Å². The summed E-state index contributed by atoms with van der Waals surface area (Å²) in [4.78, 5) is 23.6. The monoisotopic (exact) mass is 344 g/mol. The van der Waals surface area contributed by atoms with E-state index in [9.17, 15) is 9.59 Å². The third-order valence-electron chi connectivity index (χ3n) is 3.57. The van der Waals surface area contributed by atoms with Crippen molar-refractivity contribution in [2.75, 3.05) is 0 Å². The summed E-state index contributed by atoms with van der Waals surface area (Å²) in [5.41, 5.74) is 2.69. The molecule has 0 unspecified atom stereocenters. The van der Waals surface area contributed by atoms with E-state index >= 15 is 0 Å². The average molecular weight is 345 g/mol. The van der Waals surface area contributed by atoms with Crippen molar-refractivity contribution >= 4 is 28.0 Å². The van der Waals surface area contributed by atoms with Crippen LogP contribution in [0.4, 0.5) is 0 Å². The SMILES string of the molecule is Cc1ccc(C(=O)c2ccc(C(C)(C)C=O)cc2Br)cc1. The molecule has 0 N–H and O–H groups in total. The summed E-state index contributed by atoms with van der Waals surface area (Å²) in [7, 11) is 0. The summed E-state index contributed by atoms with van der Waals surface area (Å²) in [6.07, 6.45) is 0.913. The van der Waals surface area contributed by atoms with Crippen LogP contribution in [0.3, 0.4) is 0 Å². The highest BCUT2D eigenvalue weighted by Crippen LogP contribution is 2.28. The number of hydrogen-bond acceptors (Lipinski definition) is 2. The minimum atomic E-state index is -0.562. The number of carbonyl (C=O) groups excluding carboxylic acids is 2. The van der Waals surface area contributed by atoms with E-state index in [1.807, 2.05) is 57.2 Å². The third kappa shape index (κ3) is 3.30. The second kappa shape index (κ2) is 5.94. The molecule has 0 saturated carbocycles. The lowest BCUT2D eigenvalue weighted by Crippen LogP contribution is -2.19. The Bertz CT molecular complexity index is 685. The predicted octanol–water partition coefficient (Wildman–Crippen LogP) is 4.47. The van der Waals surface area contributed by atoms with E-state index in [1.165, 1.54) is 0 Å². The number of hydrogen-bond donors (Lipinski definition) is 0. The van der Waals surface area contributed by atoms with Gasteiger partial charge in [0.25, 0.3) is 0 Å². The molecule has 3 heteroatoms. The summed E-state index contributed by atoms with van der Waals surface area (Å²) in [5.74, 6) is -0.0302. The van der Waals surface area contributed by atoms with Crippen molar-refractivity contribution in [3.05, 3.63) is 69.2 Å². The number of rotatable bonds is 4. The molecule has 0 aliphatic rings. The number of aryl methyl sites for hydroxylation is 1. The molecule has 0 aliphatic heterocycles. The Morgan fingerprint density at radius 2 is 1.71 bits per heavy atom. The minimum Gasteiger partial charge on any atom is -0.302 e. The second-order valence-corrected chi connectivity index (χ2v) is 6.58. The van der Waals surface area contributed by atoms with E-state index in [0.29, 0.717) is 15.6 Å². The lowest BCUT2D eigenvalue weighted by atomic mass is 9.85. The van der Waals surface area contributed by atoms with Crippen LogP contribution in [-0.4, -0.2) is 12.1 Å². The van der Waals surface area contributed by atoms with Gasteiger partial charge in [0.05, 0.1) is 0 Å². The molecule has 0 radical (unpaired) electrons. The summed E-state index contributed by atoms with van der Waals surface area (Å²) in [6.45, 7) is 5.69. The Balaban J connectivity index is 2.39. The first-order valence-corrected chi connectivity index (χ1v) is 7.52. The van der Waals surface area contributed by atoms with Crippen LogP contribution in [-0.2, 0) is 10.2 Å². The van der Waals surface area contributed by atoms with Crippen molar-refractivity contribution in [3.63, 3.8) is 0 Å². The van der Waals surface area contributed by atoms with Gasteiger partial charge in [0.15, 0.2) is 5.78 Å². The van der Waals surface area contributed by atoms with E-state index in [2.05, 4.69) is 15.9 Å². The van der Waals surface area contributed by atoms with Crippen LogP contribution in [0.1, 0.15) is 40.9 Å². The van der Waals surface area contributed by atoms with Crippen molar-refractivity contribution in [1.29, 1.82) is 0 Å². The molecule has 0 amide bonds. The molecule has 0 fully saturated rings. The number of benzene rings is 2. The zero-order chi connectivity index (χ0) is 15.6. The van der Waals surface area contributed by atoms with Crippen LogP contribution in [0.5, 0.6) is 0 Å². The Labute approximate surface area is 133 Å². The van der Waals surface area contributed by atoms with Gasteiger partial charge in [0, 0.05) is 21.0 Å². The normalized spacial score (nSPS) is 11.2. The molecular formula is C18H17BrO2. The van der Waals surface area contributed by atoms with Gasteiger partial charge in [-0.05, 0) is 38.5 Å². The Morgan fingerprint density at radius 1 is 1.10 bits per heavy atom. The Hall–Kier alpha value is -1.74. The maximum absolute atomic E-state index is 12.5. The van der Waals surface area contributed by atoms with Gasteiger partial charge in [0.1, 0.15) is 6.29 Å². The molecule has 2 aromatic carbocycles. The molecule has 2 nitrogen and oxygen atoms in total. The molecule has 0 spiro atoms. The fraction of sp³-hybridized carbons (Fsp3) is 0.222. The lowest BCUT2D eigenvalue weighted by Gasteiger charge is -2.18. The summed E-state index contributed by atoms with van der Waals surface area (Å²) in [5, 5.41) is 0. The van der Waals surface area contributed by atoms with Gasteiger partial charge in [-0.25, -0.2) is 0 Å². The lowest BCUT2D eigenvalue weighted by molar-refractivity contribution is -0.111. The molecular weight excluding hydrogens is 328 g/mol. The van der Waals surface area contributed by atoms with E-state index in [4.69, 9.17) is 0 Å². The summed E-state index contributed by atoms with van der Waals surface area (Å²) >= 11 is 3.44. The molecule has 2 aromatic rings. The van der Waals surface area contributed by atoms with Crippen molar-refractivity contribution in [1.82, 2.24) is 0 Å². The van der Waals surface area contributed by atoms with Crippen LogP contribution in [0.25, 0.3) is 0 Å². The van der Waals surface area contributed by atoms with E-state index in [-0.39, 0.29) is 5.78 Å². The average Bonchev–Trinajstić information content (AvgIpc) is 2.47. The first kappa shape index (κ1) is 15.6. The van der Waals surface area contributed by atoms with Gasteiger partial charge in [-0.2, -0.15) is 0 Å². The first-order chi connectivity index (χ1) is 9.85. The quantitative estimate of drug-likeness (QED) is 0.605. The highest BCUT2D eigenvalue weighted by Gasteiger charge is 2.21. The minimum absolute atomic E-state index is 0.0302. The van der Waals surface area contributed by atoms with Crippen molar-refractivity contribution in [2.45, 2.75) is 26.2 Å². The van der Waals surface area contributed by atoms with Crippen LogP contribution in [0.2, 0.25) is 0 Å². The highest BCUT2D eigenvalue weighted by molar-refractivity contribution is 9.10. The molecule has 21 heavy (non-hydrogen) atoms. The molecule has 108 valence electrons. The topological polar surface area (TPSA) is 34.1 Å². The van der Waals surface area contributed by atoms with E-state index in [0.717, 1.165) is 17.4 Å². The van der Waals surface area contributed by atoms with Gasteiger partial charge >= 0.3 is 0 Å². The molecule has 0 aromatic heterocycles. The summed E-state index contributed by atoms with van der Waals surface area (Å²) in [6, 6.07) is 12.9. The molecule has 0 bridgehead atoms. The van der Waals surface area contributed by atoms with Crippen LogP contribution >= 0.6 is 15.9 Å². The van der Waals surface area contributed by atoms with E-state index in [1.54, 1.807) is 6.07 Å². The molecule has 0 saturated heterocycles. The number of aldehydes is 1. The largest absolute Gasteiger partial charge is 0.302 e. The zero-order valence-electron chi connectivity index (χ0n) is 12.3. The molecule has 2 rings (SSSR count). The number of carbonyl (C=O) groups is 2. The van der Waals surface area contributed by atoms with Crippen LogP contribution in [0, 0.1) is 6.92 Å². The fourth-order valence-corrected chi connectivity index (χ4v) is 2.59. The van der Waals surface area contributed by atoms with Crippen molar-refractivity contribution in [2.24, 2.45) is 0 Å². The Morgan fingerprint density at radius 3 is 2.24 bits per heavy atom. The van der Waals surface area contributed by atoms with Gasteiger partial charge in [-0.15, -0.1) is 0 Å². The van der Waals surface area contributed by atoms with Crippen LogP contribution in [0.15, 0.2) is 46.9 Å². The smallest absolute Gasteiger partial charge is 0.194 e. The second-order valence-electron chi connectivity index (χ2n) is 5.73. The molecule has 0 aliphatic carbocycles. The number of halogens is 1. The summed E-state index contributed by atoms with van der Waals surface area (Å²) < 4.78 is 0.709. The van der Waals surface area contributed by atoms with Crippen molar-refractivity contribution in [3.8, 4) is 0 Å². The predicted molar refractivity (Wildman–Crippen MR) is 87.8 cm³/mol. The van der Waals surface area contributed by atoms with Crippen LogP contribution < -0.4 is 0 Å². The first-order valence-electron chi connectivity index (χ1n) is 6.73. The van der Waals surface area contributed by atoms with E-state index < -0.39 is 5.41 Å². The molecule has 0 atom stereocenters. The molecule has 0 heterocycles. The third-order valence-corrected chi connectivity index (χ3v) is 4.22. The zero-order valence-corrected chi connectivity index (χ0v) is 13.9. The van der Waals surface area contributed by atoms with Gasteiger partial charge in [-0.1, -0.05) is 51.8 Å². The number of ketones is 1.